The number of hydrogen-bond acceptors (Lipinski definition) is 2. The van der Waals surface area contributed by atoms with Crippen molar-refractivity contribution in [1.29, 1.82) is 0 Å². The predicted molar refractivity (Wildman–Crippen MR) is 80.5 cm³/mol. The Hall–Kier alpha value is -1.35. The van der Waals surface area contributed by atoms with Crippen molar-refractivity contribution in [2.45, 2.75) is 45.1 Å². The molecule has 1 aromatic rings. The predicted octanol–water partition coefficient (Wildman–Crippen LogP) is 4.38. The molecular weight excluding hydrogens is 253 g/mol. The van der Waals surface area contributed by atoms with Crippen LogP contribution in [0.25, 0.3) is 0 Å². The lowest BCUT2D eigenvalue weighted by Crippen LogP contribution is -2.22. The molecule has 0 amide bonds. The molecule has 1 aliphatic carbocycles. The molecule has 3 heteroatoms. The first-order valence-corrected chi connectivity index (χ1v) is 7.49. The quantitative estimate of drug-likeness (QED) is 0.779. The van der Waals surface area contributed by atoms with Crippen molar-refractivity contribution < 1.29 is 9.13 Å². The summed E-state index contributed by atoms with van der Waals surface area (Å²) in [6.45, 7) is 2.97. The largest absolute Gasteiger partial charge is 0.494 e. The number of nitrogens with one attached hydrogen (secondary N) is 1. The highest BCUT2D eigenvalue weighted by atomic mass is 19.1. The first-order chi connectivity index (χ1) is 9.74. The van der Waals surface area contributed by atoms with Crippen molar-refractivity contribution in [3.8, 4) is 5.75 Å². The third-order valence-corrected chi connectivity index (χ3v) is 3.88. The fourth-order valence-corrected chi connectivity index (χ4v) is 2.81. The van der Waals surface area contributed by atoms with Crippen molar-refractivity contribution in [1.82, 2.24) is 5.32 Å². The Bertz CT molecular complexity index is 470. The Morgan fingerprint density at radius 2 is 2.20 bits per heavy atom. The summed E-state index contributed by atoms with van der Waals surface area (Å²) in [5.41, 5.74) is 2.50. The van der Waals surface area contributed by atoms with Crippen LogP contribution in [-0.4, -0.2) is 13.7 Å². The van der Waals surface area contributed by atoms with Crippen LogP contribution in [0.2, 0.25) is 0 Å². The summed E-state index contributed by atoms with van der Waals surface area (Å²) in [6, 6.07) is 5.45. The fraction of sp³-hybridized carbons (Fsp3) is 0.529. The van der Waals surface area contributed by atoms with Crippen LogP contribution < -0.4 is 10.1 Å². The molecule has 0 radical (unpaired) electrons. The molecule has 0 spiro atoms. The van der Waals surface area contributed by atoms with E-state index in [4.69, 9.17) is 4.74 Å². The summed E-state index contributed by atoms with van der Waals surface area (Å²) < 4.78 is 18.8. The molecule has 2 nitrogen and oxygen atoms in total. The lowest BCUT2D eigenvalue weighted by atomic mass is 9.91. The SMILES string of the molecule is CCNC(CC1=CCCCC1)c1ccc(OC)c(F)c1. The van der Waals surface area contributed by atoms with Crippen molar-refractivity contribution in [2.24, 2.45) is 0 Å². The smallest absolute Gasteiger partial charge is 0.165 e. The van der Waals surface area contributed by atoms with E-state index in [0.29, 0.717) is 5.75 Å². The summed E-state index contributed by atoms with van der Waals surface area (Å²) in [7, 11) is 1.49. The van der Waals surface area contributed by atoms with Gasteiger partial charge < -0.3 is 10.1 Å². The van der Waals surface area contributed by atoms with Crippen LogP contribution >= 0.6 is 0 Å². The Balaban J connectivity index is 2.14. The summed E-state index contributed by atoms with van der Waals surface area (Å²) in [5, 5.41) is 3.46. The summed E-state index contributed by atoms with van der Waals surface area (Å²) in [6.07, 6.45) is 8.27. The maximum Gasteiger partial charge on any atom is 0.165 e. The molecule has 0 aromatic heterocycles. The molecule has 1 unspecified atom stereocenters. The van der Waals surface area contributed by atoms with Gasteiger partial charge in [0.2, 0.25) is 0 Å². The molecular formula is C17H24FNO. The minimum absolute atomic E-state index is 0.185. The fourth-order valence-electron chi connectivity index (χ4n) is 2.81. The second-order valence-corrected chi connectivity index (χ2v) is 5.32. The Kier molecular flexibility index (Phi) is 5.60. The molecule has 0 saturated carbocycles. The van der Waals surface area contributed by atoms with Crippen LogP contribution in [0, 0.1) is 5.82 Å². The average Bonchev–Trinajstić information content (AvgIpc) is 2.48. The minimum Gasteiger partial charge on any atom is -0.494 e. The van der Waals surface area contributed by atoms with E-state index in [2.05, 4.69) is 18.3 Å². The van der Waals surface area contributed by atoms with Gasteiger partial charge in [0.25, 0.3) is 0 Å². The van der Waals surface area contributed by atoms with Gasteiger partial charge in [-0.3, -0.25) is 0 Å². The number of ether oxygens (including phenoxy) is 1. The highest BCUT2D eigenvalue weighted by Gasteiger charge is 2.16. The van der Waals surface area contributed by atoms with Gasteiger partial charge in [0, 0.05) is 6.04 Å². The van der Waals surface area contributed by atoms with Gasteiger partial charge in [0.15, 0.2) is 11.6 Å². The van der Waals surface area contributed by atoms with Crippen LogP contribution in [0.5, 0.6) is 5.75 Å². The zero-order valence-corrected chi connectivity index (χ0v) is 12.4. The van der Waals surface area contributed by atoms with E-state index >= 15 is 0 Å². The Morgan fingerprint density at radius 1 is 1.35 bits per heavy atom. The molecule has 0 saturated heterocycles. The number of benzene rings is 1. The number of rotatable bonds is 6. The molecule has 20 heavy (non-hydrogen) atoms. The van der Waals surface area contributed by atoms with Crippen LogP contribution in [0.3, 0.4) is 0 Å². The zero-order chi connectivity index (χ0) is 14.4. The lowest BCUT2D eigenvalue weighted by molar-refractivity contribution is 0.385. The van der Waals surface area contributed by atoms with Crippen LogP contribution in [0.1, 0.15) is 50.6 Å². The van der Waals surface area contributed by atoms with Crippen molar-refractivity contribution in [2.75, 3.05) is 13.7 Å². The molecule has 0 heterocycles. The summed E-state index contributed by atoms with van der Waals surface area (Å²) in [5.74, 6) is 0.0198. The maximum atomic E-state index is 13.9. The van der Waals surface area contributed by atoms with E-state index in [-0.39, 0.29) is 11.9 Å². The number of methoxy groups -OCH3 is 1. The Morgan fingerprint density at radius 3 is 2.80 bits per heavy atom. The van der Waals surface area contributed by atoms with Gasteiger partial charge in [-0.05, 0) is 56.3 Å². The average molecular weight is 277 g/mol. The second kappa shape index (κ2) is 7.44. The highest BCUT2D eigenvalue weighted by Crippen LogP contribution is 2.29. The monoisotopic (exact) mass is 277 g/mol. The van der Waals surface area contributed by atoms with E-state index in [1.165, 1.54) is 38.4 Å². The Labute approximate surface area is 121 Å². The number of allylic oxidation sites excluding steroid dienone is 1. The first-order valence-electron chi connectivity index (χ1n) is 7.49. The molecule has 110 valence electrons. The van der Waals surface area contributed by atoms with Gasteiger partial charge in [0.1, 0.15) is 0 Å². The third-order valence-electron chi connectivity index (χ3n) is 3.88. The molecule has 0 fully saturated rings. The van der Waals surface area contributed by atoms with E-state index in [9.17, 15) is 4.39 Å². The first kappa shape index (κ1) is 15.0. The minimum atomic E-state index is -0.287. The van der Waals surface area contributed by atoms with Gasteiger partial charge in [-0.25, -0.2) is 4.39 Å². The maximum absolute atomic E-state index is 13.9. The van der Waals surface area contributed by atoms with Gasteiger partial charge >= 0.3 is 0 Å². The van der Waals surface area contributed by atoms with Gasteiger partial charge in [-0.1, -0.05) is 24.6 Å². The van der Waals surface area contributed by atoms with Gasteiger partial charge in [-0.2, -0.15) is 0 Å². The van der Waals surface area contributed by atoms with Gasteiger partial charge in [0.05, 0.1) is 7.11 Å². The highest BCUT2D eigenvalue weighted by molar-refractivity contribution is 5.32. The van der Waals surface area contributed by atoms with E-state index < -0.39 is 0 Å². The topological polar surface area (TPSA) is 21.3 Å². The van der Waals surface area contributed by atoms with Crippen molar-refractivity contribution in [3.63, 3.8) is 0 Å². The zero-order valence-electron chi connectivity index (χ0n) is 12.4. The van der Waals surface area contributed by atoms with Crippen LogP contribution in [-0.2, 0) is 0 Å². The van der Waals surface area contributed by atoms with Crippen LogP contribution in [0.15, 0.2) is 29.8 Å². The molecule has 0 aliphatic heterocycles. The lowest BCUT2D eigenvalue weighted by Gasteiger charge is -2.22. The van der Waals surface area contributed by atoms with E-state index in [0.717, 1.165) is 18.5 Å². The summed E-state index contributed by atoms with van der Waals surface area (Å²) in [4.78, 5) is 0. The van der Waals surface area contributed by atoms with Crippen LogP contribution in [0.4, 0.5) is 4.39 Å². The standard InChI is InChI=1S/C17H24FNO/c1-3-19-16(11-13-7-5-4-6-8-13)14-9-10-17(20-2)15(18)12-14/h7,9-10,12,16,19H,3-6,8,11H2,1-2H3. The third kappa shape index (κ3) is 3.83. The van der Waals surface area contributed by atoms with Crippen molar-refractivity contribution >= 4 is 0 Å². The molecule has 2 rings (SSSR count). The van der Waals surface area contributed by atoms with Crippen molar-refractivity contribution in [3.05, 3.63) is 41.2 Å². The number of hydrogen-bond donors (Lipinski definition) is 1. The molecule has 0 bridgehead atoms. The molecule has 1 aliphatic rings. The van der Waals surface area contributed by atoms with E-state index in [1.54, 1.807) is 12.1 Å². The second-order valence-electron chi connectivity index (χ2n) is 5.32. The number of halogens is 1. The molecule has 1 N–H and O–H groups in total. The normalized spacial score (nSPS) is 16.6. The molecule has 1 atom stereocenters. The summed E-state index contributed by atoms with van der Waals surface area (Å²) >= 11 is 0. The van der Waals surface area contributed by atoms with E-state index in [1.807, 2.05) is 6.07 Å². The molecule has 1 aromatic carbocycles. The van der Waals surface area contributed by atoms with Gasteiger partial charge in [-0.15, -0.1) is 0 Å².